The Kier molecular flexibility index (Phi) is 4.07. The standard InChI is InChI=1S/C8H15N3O5S/c1-6(8(13)14)7(12)10-2-4-11(5-3-10)17(9,15)16/h6H,2-5H2,1H3,(H,13,14)(H2,9,15,16). The van der Waals surface area contributed by atoms with Gasteiger partial charge in [0.25, 0.3) is 10.2 Å². The molecule has 0 aromatic carbocycles. The van der Waals surface area contributed by atoms with Crippen LogP contribution in [0.1, 0.15) is 6.92 Å². The number of hydrogen-bond donors (Lipinski definition) is 2. The molecular formula is C8H15N3O5S. The van der Waals surface area contributed by atoms with E-state index in [-0.39, 0.29) is 26.2 Å². The van der Waals surface area contributed by atoms with E-state index in [1.165, 1.54) is 11.8 Å². The Balaban J connectivity index is 2.58. The van der Waals surface area contributed by atoms with Gasteiger partial charge in [0.1, 0.15) is 5.92 Å². The van der Waals surface area contributed by atoms with Crippen molar-refractivity contribution in [1.29, 1.82) is 0 Å². The van der Waals surface area contributed by atoms with Gasteiger partial charge in [-0.3, -0.25) is 9.59 Å². The number of carboxylic acids is 1. The molecule has 1 saturated heterocycles. The molecule has 98 valence electrons. The predicted molar refractivity (Wildman–Crippen MR) is 58.1 cm³/mol. The van der Waals surface area contributed by atoms with E-state index in [0.717, 1.165) is 4.31 Å². The molecule has 8 nitrogen and oxygen atoms in total. The second-order valence-electron chi connectivity index (χ2n) is 3.83. The fraction of sp³-hybridized carbons (Fsp3) is 0.750. The van der Waals surface area contributed by atoms with Crippen LogP contribution in [0.5, 0.6) is 0 Å². The van der Waals surface area contributed by atoms with Crippen molar-refractivity contribution in [2.75, 3.05) is 26.2 Å². The average Bonchev–Trinajstić information content (AvgIpc) is 2.26. The molecule has 17 heavy (non-hydrogen) atoms. The second-order valence-corrected chi connectivity index (χ2v) is 5.38. The van der Waals surface area contributed by atoms with Gasteiger partial charge >= 0.3 is 5.97 Å². The normalized spacial score (nSPS) is 20.0. The number of nitrogens with zero attached hydrogens (tertiary/aromatic N) is 2. The van der Waals surface area contributed by atoms with Gasteiger partial charge in [-0.1, -0.05) is 0 Å². The molecule has 9 heteroatoms. The minimum Gasteiger partial charge on any atom is -0.481 e. The van der Waals surface area contributed by atoms with Crippen molar-refractivity contribution >= 4 is 22.1 Å². The Bertz CT molecular complexity index is 413. The van der Waals surface area contributed by atoms with Crippen LogP contribution in [-0.4, -0.2) is 60.8 Å². The molecular weight excluding hydrogens is 250 g/mol. The van der Waals surface area contributed by atoms with E-state index in [2.05, 4.69) is 0 Å². The number of piperazine rings is 1. The molecule has 1 amide bonds. The van der Waals surface area contributed by atoms with E-state index in [1.807, 2.05) is 0 Å². The molecule has 0 aliphatic carbocycles. The van der Waals surface area contributed by atoms with Crippen molar-refractivity contribution in [3.63, 3.8) is 0 Å². The first-order valence-corrected chi connectivity index (χ1v) is 6.53. The number of hydrogen-bond acceptors (Lipinski definition) is 4. The first-order chi connectivity index (χ1) is 7.73. The van der Waals surface area contributed by atoms with Gasteiger partial charge in [-0.2, -0.15) is 12.7 Å². The minimum absolute atomic E-state index is 0.0942. The van der Waals surface area contributed by atoms with Crippen LogP contribution < -0.4 is 5.14 Å². The smallest absolute Gasteiger partial charge is 0.315 e. The van der Waals surface area contributed by atoms with Gasteiger partial charge in [0.05, 0.1) is 0 Å². The summed E-state index contributed by atoms with van der Waals surface area (Å²) in [5.41, 5.74) is 0. The van der Waals surface area contributed by atoms with Crippen molar-refractivity contribution < 1.29 is 23.1 Å². The zero-order chi connectivity index (χ0) is 13.2. The van der Waals surface area contributed by atoms with Crippen molar-refractivity contribution in [3.05, 3.63) is 0 Å². The third-order valence-electron chi connectivity index (χ3n) is 2.65. The van der Waals surface area contributed by atoms with Gasteiger partial charge in [-0.15, -0.1) is 0 Å². The molecule has 1 rings (SSSR count). The molecule has 1 aliphatic rings. The number of aliphatic carboxylic acids is 1. The largest absolute Gasteiger partial charge is 0.481 e. The zero-order valence-electron chi connectivity index (χ0n) is 9.37. The molecule has 0 aromatic rings. The molecule has 0 bridgehead atoms. The van der Waals surface area contributed by atoms with E-state index in [9.17, 15) is 18.0 Å². The summed E-state index contributed by atoms with van der Waals surface area (Å²) in [6, 6.07) is 0. The topological polar surface area (TPSA) is 121 Å². The molecule has 1 fully saturated rings. The highest BCUT2D eigenvalue weighted by Gasteiger charge is 2.31. The maximum absolute atomic E-state index is 11.6. The van der Waals surface area contributed by atoms with E-state index in [0.29, 0.717) is 0 Å². The summed E-state index contributed by atoms with van der Waals surface area (Å²) in [6.45, 7) is 1.81. The van der Waals surface area contributed by atoms with E-state index in [1.54, 1.807) is 0 Å². The summed E-state index contributed by atoms with van der Waals surface area (Å²) in [4.78, 5) is 23.6. The van der Waals surface area contributed by atoms with E-state index >= 15 is 0 Å². The molecule has 3 N–H and O–H groups in total. The lowest BCUT2D eigenvalue weighted by atomic mass is 10.1. The number of rotatable bonds is 3. The number of nitrogens with two attached hydrogens (primary N) is 1. The van der Waals surface area contributed by atoms with Crippen molar-refractivity contribution in [1.82, 2.24) is 9.21 Å². The minimum atomic E-state index is -3.73. The summed E-state index contributed by atoms with van der Waals surface area (Å²) >= 11 is 0. The molecule has 1 aliphatic heterocycles. The monoisotopic (exact) mass is 265 g/mol. The lowest BCUT2D eigenvalue weighted by Crippen LogP contribution is -2.53. The van der Waals surface area contributed by atoms with E-state index in [4.69, 9.17) is 10.2 Å². The molecule has 0 aromatic heterocycles. The van der Waals surface area contributed by atoms with Crippen LogP contribution in [-0.2, 0) is 19.8 Å². The van der Waals surface area contributed by atoms with Crippen molar-refractivity contribution in [3.8, 4) is 0 Å². The number of amides is 1. The summed E-state index contributed by atoms with van der Waals surface area (Å²) in [5, 5.41) is 13.6. The first kappa shape index (κ1) is 13.9. The highest BCUT2D eigenvalue weighted by molar-refractivity contribution is 7.86. The lowest BCUT2D eigenvalue weighted by Gasteiger charge is -2.33. The van der Waals surface area contributed by atoms with Crippen LogP contribution in [0.25, 0.3) is 0 Å². The van der Waals surface area contributed by atoms with Crippen LogP contribution in [0.3, 0.4) is 0 Å². The first-order valence-electron chi connectivity index (χ1n) is 5.03. The van der Waals surface area contributed by atoms with Crippen LogP contribution >= 0.6 is 0 Å². The number of carboxylic acid groups (broad SMARTS) is 1. The highest BCUT2D eigenvalue weighted by Crippen LogP contribution is 2.09. The van der Waals surface area contributed by atoms with E-state index < -0.39 is 28.0 Å². The molecule has 1 unspecified atom stereocenters. The van der Waals surface area contributed by atoms with Gasteiger partial charge in [0.2, 0.25) is 5.91 Å². The third kappa shape index (κ3) is 3.38. The van der Waals surface area contributed by atoms with Crippen LogP contribution in [0.4, 0.5) is 0 Å². The van der Waals surface area contributed by atoms with Crippen LogP contribution in [0, 0.1) is 5.92 Å². The summed E-state index contributed by atoms with van der Waals surface area (Å²) in [6.07, 6.45) is 0. The molecule has 0 spiro atoms. The van der Waals surface area contributed by atoms with Gasteiger partial charge in [0.15, 0.2) is 0 Å². The van der Waals surface area contributed by atoms with Gasteiger partial charge in [-0.05, 0) is 6.92 Å². The quantitative estimate of drug-likeness (QED) is 0.575. The molecule has 1 atom stereocenters. The Morgan fingerprint density at radius 2 is 1.71 bits per heavy atom. The second kappa shape index (κ2) is 4.98. The number of carbonyl (C=O) groups excluding carboxylic acids is 1. The van der Waals surface area contributed by atoms with Gasteiger partial charge < -0.3 is 10.0 Å². The number of carbonyl (C=O) groups is 2. The summed E-state index contributed by atoms with van der Waals surface area (Å²) in [7, 11) is -3.73. The van der Waals surface area contributed by atoms with Crippen molar-refractivity contribution in [2.24, 2.45) is 11.1 Å². The van der Waals surface area contributed by atoms with Crippen LogP contribution in [0.15, 0.2) is 0 Å². The summed E-state index contributed by atoms with van der Waals surface area (Å²) in [5.74, 6) is -2.81. The Labute approximate surface area is 99.2 Å². The average molecular weight is 265 g/mol. The van der Waals surface area contributed by atoms with Gasteiger partial charge in [-0.25, -0.2) is 5.14 Å². The Morgan fingerprint density at radius 3 is 2.06 bits per heavy atom. The fourth-order valence-electron chi connectivity index (χ4n) is 1.54. The van der Waals surface area contributed by atoms with Crippen molar-refractivity contribution in [2.45, 2.75) is 6.92 Å². The molecule has 0 radical (unpaired) electrons. The third-order valence-corrected chi connectivity index (χ3v) is 3.74. The maximum Gasteiger partial charge on any atom is 0.315 e. The predicted octanol–water partition coefficient (Wildman–Crippen LogP) is -1.95. The zero-order valence-corrected chi connectivity index (χ0v) is 10.2. The summed E-state index contributed by atoms with van der Waals surface area (Å²) < 4.78 is 23.1. The van der Waals surface area contributed by atoms with Gasteiger partial charge in [0, 0.05) is 26.2 Å². The fourth-order valence-corrected chi connectivity index (χ4v) is 2.21. The molecule has 0 saturated carbocycles. The highest BCUT2D eigenvalue weighted by atomic mass is 32.2. The molecule has 1 heterocycles. The maximum atomic E-state index is 11.6. The Hall–Kier alpha value is -1.19. The Morgan fingerprint density at radius 1 is 1.24 bits per heavy atom. The SMILES string of the molecule is CC(C(=O)O)C(=O)N1CCN(S(N)(=O)=O)CC1. The lowest BCUT2D eigenvalue weighted by molar-refractivity contribution is -0.150. The van der Waals surface area contributed by atoms with Crippen LogP contribution in [0.2, 0.25) is 0 Å².